The molecule has 118 valence electrons. The van der Waals surface area contributed by atoms with E-state index in [2.05, 4.69) is 48.0 Å². The molecule has 4 heteroatoms. The van der Waals surface area contributed by atoms with Gasteiger partial charge < -0.3 is 14.4 Å². The lowest BCUT2D eigenvalue weighted by Crippen LogP contribution is -2.47. The summed E-state index contributed by atoms with van der Waals surface area (Å²) in [5.41, 5.74) is 1.24. The molecule has 1 aromatic carbocycles. The van der Waals surface area contributed by atoms with Gasteiger partial charge >= 0.3 is 0 Å². The number of benzene rings is 1. The standard InChI is InChI=1S/C17H28N2O2/c1-16(19-9-12-20-13-10-19)14-18(2)8-11-21-15-17-6-4-3-5-7-17/h3-7,16H,8-15H2,1-2H3. The molecule has 0 radical (unpaired) electrons. The summed E-state index contributed by atoms with van der Waals surface area (Å²) >= 11 is 0. The van der Waals surface area contributed by atoms with Crippen LogP contribution in [0.3, 0.4) is 0 Å². The molecule has 2 rings (SSSR count). The summed E-state index contributed by atoms with van der Waals surface area (Å²) in [6.07, 6.45) is 0. The predicted octanol–water partition coefficient (Wildman–Crippen LogP) is 1.86. The lowest BCUT2D eigenvalue weighted by atomic mass is 10.2. The van der Waals surface area contributed by atoms with Gasteiger partial charge in [0.05, 0.1) is 26.4 Å². The molecule has 21 heavy (non-hydrogen) atoms. The third-order valence-electron chi connectivity index (χ3n) is 3.97. The van der Waals surface area contributed by atoms with Crippen LogP contribution in [0.15, 0.2) is 30.3 Å². The van der Waals surface area contributed by atoms with Gasteiger partial charge in [0.15, 0.2) is 0 Å². The second kappa shape index (κ2) is 9.15. The zero-order chi connectivity index (χ0) is 14.9. The number of hydrogen-bond donors (Lipinski definition) is 0. The molecular formula is C17H28N2O2. The van der Waals surface area contributed by atoms with Crippen molar-refractivity contribution in [3.05, 3.63) is 35.9 Å². The summed E-state index contributed by atoms with van der Waals surface area (Å²) in [5.74, 6) is 0. The van der Waals surface area contributed by atoms with E-state index in [1.54, 1.807) is 0 Å². The molecule has 1 fully saturated rings. The molecule has 1 saturated heterocycles. The van der Waals surface area contributed by atoms with Gasteiger partial charge in [0.25, 0.3) is 0 Å². The Morgan fingerprint density at radius 2 is 1.95 bits per heavy atom. The number of ether oxygens (including phenoxy) is 2. The first-order valence-electron chi connectivity index (χ1n) is 7.87. The fraction of sp³-hybridized carbons (Fsp3) is 0.647. The van der Waals surface area contributed by atoms with Crippen LogP contribution in [0.1, 0.15) is 12.5 Å². The minimum atomic E-state index is 0.577. The normalized spacial score (nSPS) is 18.0. The topological polar surface area (TPSA) is 24.9 Å². The van der Waals surface area contributed by atoms with Gasteiger partial charge in [0.1, 0.15) is 0 Å². The Morgan fingerprint density at radius 1 is 1.24 bits per heavy atom. The van der Waals surface area contributed by atoms with Crippen molar-refractivity contribution in [3.8, 4) is 0 Å². The molecule has 0 bridgehead atoms. The van der Waals surface area contributed by atoms with Gasteiger partial charge in [-0.2, -0.15) is 0 Å². The second-order valence-electron chi connectivity index (χ2n) is 5.80. The Hall–Kier alpha value is -0.940. The Labute approximate surface area is 128 Å². The van der Waals surface area contributed by atoms with E-state index >= 15 is 0 Å². The third-order valence-corrected chi connectivity index (χ3v) is 3.97. The molecule has 0 aliphatic carbocycles. The summed E-state index contributed by atoms with van der Waals surface area (Å²) in [5, 5.41) is 0. The zero-order valence-electron chi connectivity index (χ0n) is 13.3. The molecular weight excluding hydrogens is 264 g/mol. The van der Waals surface area contributed by atoms with E-state index in [4.69, 9.17) is 9.47 Å². The quantitative estimate of drug-likeness (QED) is 0.683. The molecule has 1 unspecified atom stereocenters. The Bertz CT molecular complexity index is 380. The van der Waals surface area contributed by atoms with E-state index < -0.39 is 0 Å². The largest absolute Gasteiger partial charge is 0.379 e. The average Bonchev–Trinajstić information content (AvgIpc) is 2.53. The highest BCUT2D eigenvalue weighted by molar-refractivity contribution is 5.13. The third kappa shape index (κ3) is 6.14. The Morgan fingerprint density at radius 3 is 2.67 bits per heavy atom. The fourth-order valence-corrected chi connectivity index (χ4v) is 2.66. The number of morpholine rings is 1. The summed E-state index contributed by atoms with van der Waals surface area (Å²) in [6, 6.07) is 10.9. The highest BCUT2D eigenvalue weighted by atomic mass is 16.5. The Kier molecular flexibility index (Phi) is 7.16. The molecule has 0 saturated carbocycles. The molecule has 1 aliphatic heterocycles. The van der Waals surface area contributed by atoms with Gasteiger partial charge in [0.2, 0.25) is 0 Å². The van der Waals surface area contributed by atoms with E-state index in [9.17, 15) is 0 Å². The van der Waals surface area contributed by atoms with Crippen molar-refractivity contribution in [1.29, 1.82) is 0 Å². The molecule has 1 aliphatic rings. The van der Waals surface area contributed by atoms with Crippen LogP contribution >= 0.6 is 0 Å². The number of rotatable bonds is 8. The second-order valence-corrected chi connectivity index (χ2v) is 5.80. The highest BCUT2D eigenvalue weighted by Gasteiger charge is 2.17. The monoisotopic (exact) mass is 292 g/mol. The van der Waals surface area contributed by atoms with Crippen molar-refractivity contribution in [2.75, 3.05) is 53.0 Å². The van der Waals surface area contributed by atoms with Crippen LogP contribution in [0.2, 0.25) is 0 Å². The van der Waals surface area contributed by atoms with Crippen LogP contribution in [0.4, 0.5) is 0 Å². The molecule has 1 atom stereocenters. The van der Waals surface area contributed by atoms with Gasteiger partial charge in [-0.1, -0.05) is 30.3 Å². The summed E-state index contributed by atoms with van der Waals surface area (Å²) in [7, 11) is 2.17. The number of likely N-dealkylation sites (N-methyl/N-ethyl adjacent to an activating group) is 1. The van der Waals surface area contributed by atoms with Gasteiger partial charge in [0, 0.05) is 32.2 Å². The van der Waals surface area contributed by atoms with Gasteiger partial charge in [-0.05, 0) is 19.5 Å². The Balaban J connectivity index is 1.57. The van der Waals surface area contributed by atoms with Crippen molar-refractivity contribution >= 4 is 0 Å². The molecule has 4 nitrogen and oxygen atoms in total. The first-order chi connectivity index (χ1) is 10.3. The van der Waals surface area contributed by atoms with Gasteiger partial charge in [-0.3, -0.25) is 4.90 Å². The van der Waals surface area contributed by atoms with Crippen LogP contribution in [0, 0.1) is 0 Å². The minimum Gasteiger partial charge on any atom is -0.379 e. The summed E-state index contributed by atoms with van der Waals surface area (Å²) in [4.78, 5) is 4.86. The van der Waals surface area contributed by atoms with Crippen LogP contribution in [0.5, 0.6) is 0 Å². The number of hydrogen-bond acceptors (Lipinski definition) is 4. The van der Waals surface area contributed by atoms with Crippen molar-refractivity contribution < 1.29 is 9.47 Å². The van der Waals surface area contributed by atoms with Crippen molar-refractivity contribution in [1.82, 2.24) is 9.80 Å². The fourth-order valence-electron chi connectivity index (χ4n) is 2.66. The van der Waals surface area contributed by atoms with Crippen molar-refractivity contribution in [2.45, 2.75) is 19.6 Å². The zero-order valence-corrected chi connectivity index (χ0v) is 13.3. The van der Waals surface area contributed by atoms with Crippen LogP contribution in [-0.2, 0) is 16.1 Å². The van der Waals surface area contributed by atoms with Gasteiger partial charge in [-0.15, -0.1) is 0 Å². The maximum absolute atomic E-state index is 5.74. The molecule has 1 heterocycles. The van der Waals surface area contributed by atoms with Crippen molar-refractivity contribution in [3.63, 3.8) is 0 Å². The van der Waals surface area contributed by atoms with Crippen molar-refractivity contribution in [2.24, 2.45) is 0 Å². The number of nitrogens with zero attached hydrogens (tertiary/aromatic N) is 2. The highest BCUT2D eigenvalue weighted by Crippen LogP contribution is 2.05. The predicted molar refractivity (Wildman–Crippen MR) is 85.4 cm³/mol. The smallest absolute Gasteiger partial charge is 0.0717 e. The molecule has 0 spiro atoms. The lowest BCUT2D eigenvalue weighted by Gasteiger charge is -2.34. The minimum absolute atomic E-state index is 0.577. The lowest BCUT2D eigenvalue weighted by molar-refractivity contribution is 0.0117. The van der Waals surface area contributed by atoms with Crippen LogP contribution < -0.4 is 0 Å². The molecule has 1 aromatic rings. The SMILES string of the molecule is CC(CN(C)CCOCc1ccccc1)N1CCOCC1. The first kappa shape index (κ1) is 16.4. The first-order valence-corrected chi connectivity index (χ1v) is 7.87. The van der Waals surface area contributed by atoms with E-state index in [1.807, 2.05) is 6.07 Å². The summed E-state index contributed by atoms with van der Waals surface area (Å²) < 4.78 is 11.1. The van der Waals surface area contributed by atoms with E-state index in [1.165, 1.54) is 5.56 Å². The van der Waals surface area contributed by atoms with Gasteiger partial charge in [-0.25, -0.2) is 0 Å². The molecule has 0 aromatic heterocycles. The van der Waals surface area contributed by atoms with E-state index in [-0.39, 0.29) is 0 Å². The van der Waals surface area contributed by atoms with Crippen LogP contribution in [-0.4, -0.2) is 68.9 Å². The molecule has 0 amide bonds. The average molecular weight is 292 g/mol. The maximum Gasteiger partial charge on any atom is 0.0717 e. The van der Waals surface area contributed by atoms with Crippen LogP contribution in [0.25, 0.3) is 0 Å². The van der Waals surface area contributed by atoms with E-state index in [0.717, 1.165) is 46.0 Å². The summed E-state index contributed by atoms with van der Waals surface area (Å²) in [6.45, 7) is 9.68. The van der Waals surface area contributed by atoms with E-state index in [0.29, 0.717) is 12.6 Å². The molecule has 0 N–H and O–H groups in total. The maximum atomic E-state index is 5.74.